The van der Waals surface area contributed by atoms with Crippen LogP contribution in [0, 0.1) is 11.8 Å². The number of aliphatic hydroxyl groups is 1. The molecule has 0 spiro atoms. The standard InChI is InChI=1S/C28H55NO4.C15H32O.3C4H10/c1-3-5-6-7-8-12-19-27(18-4-2)26-33-28(32)20-13-11-15-22-29(23-17-25-31)21-14-9-10-16-24-30;1-4-6-8-9-10-11-13-15(14-16-3)12-7-5-2;3*1-3-4-2/h24,27,31H,3-23,25-26H2,1-2H3;15H,4-14H2,1-3H3;3*3-4H2,1-2H3. The number of ether oxygens (including phenoxy) is 2. The summed E-state index contributed by atoms with van der Waals surface area (Å²) in [5.41, 5.74) is 0. The molecule has 372 valence electrons. The van der Waals surface area contributed by atoms with E-state index in [2.05, 4.69) is 74.1 Å². The molecule has 0 bridgehead atoms. The first-order chi connectivity index (χ1) is 29.8. The van der Waals surface area contributed by atoms with E-state index in [0.717, 1.165) is 96.2 Å². The quantitative estimate of drug-likeness (QED) is 0.0375. The van der Waals surface area contributed by atoms with Gasteiger partial charge in [-0.05, 0) is 82.7 Å². The Morgan fingerprint density at radius 1 is 0.459 bits per heavy atom. The van der Waals surface area contributed by atoms with Crippen LogP contribution in [-0.4, -0.2) is 68.8 Å². The topological polar surface area (TPSA) is 76.1 Å². The van der Waals surface area contributed by atoms with Crippen molar-refractivity contribution in [1.82, 2.24) is 4.90 Å². The van der Waals surface area contributed by atoms with E-state index in [1.807, 2.05) is 7.11 Å². The van der Waals surface area contributed by atoms with Crippen LogP contribution in [0.15, 0.2) is 0 Å². The number of esters is 1. The minimum absolute atomic E-state index is 0.0358. The molecule has 6 nitrogen and oxygen atoms in total. The van der Waals surface area contributed by atoms with Crippen LogP contribution < -0.4 is 0 Å². The maximum atomic E-state index is 12.2. The van der Waals surface area contributed by atoms with E-state index in [9.17, 15) is 9.59 Å². The second-order valence-corrected chi connectivity index (χ2v) is 17.7. The molecule has 0 fully saturated rings. The van der Waals surface area contributed by atoms with Crippen molar-refractivity contribution < 1.29 is 24.2 Å². The third-order valence-electron chi connectivity index (χ3n) is 11.3. The molecule has 0 saturated heterocycles. The molecule has 0 saturated carbocycles. The van der Waals surface area contributed by atoms with Crippen LogP contribution >= 0.6 is 0 Å². The summed E-state index contributed by atoms with van der Waals surface area (Å²) in [7, 11) is 1.83. The molecule has 0 aliphatic carbocycles. The third kappa shape index (κ3) is 70.9. The van der Waals surface area contributed by atoms with Gasteiger partial charge in [0.1, 0.15) is 6.29 Å². The van der Waals surface area contributed by atoms with Crippen LogP contribution in [0.25, 0.3) is 0 Å². The van der Waals surface area contributed by atoms with Gasteiger partial charge >= 0.3 is 5.97 Å². The number of hydrogen-bond acceptors (Lipinski definition) is 6. The largest absolute Gasteiger partial charge is 0.465 e. The Bertz CT molecular complexity index is 720. The first-order valence-electron chi connectivity index (χ1n) is 27.2. The lowest BCUT2D eigenvalue weighted by molar-refractivity contribution is -0.145. The number of carbonyl (C=O) groups excluding carboxylic acids is 2. The lowest BCUT2D eigenvalue weighted by atomic mass is 9.96. The zero-order valence-electron chi connectivity index (χ0n) is 44.0. The van der Waals surface area contributed by atoms with Crippen LogP contribution in [0.4, 0.5) is 0 Å². The SMILES string of the molecule is CCCC.CCCC.CCCC.CCCCCCCCC(CCC)COC(=O)CCCCCN(CCCO)CCCCCC=O.CCCCCCCCC(CCCC)COC. The van der Waals surface area contributed by atoms with Gasteiger partial charge < -0.3 is 24.3 Å². The van der Waals surface area contributed by atoms with E-state index in [1.165, 1.54) is 148 Å². The minimum atomic E-state index is -0.0358. The smallest absolute Gasteiger partial charge is 0.305 e. The second-order valence-electron chi connectivity index (χ2n) is 17.7. The van der Waals surface area contributed by atoms with Crippen LogP contribution in [-0.2, 0) is 19.1 Å². The number of aldehydes is 1. The highest BCUT2D eigenvalue weighted by molar-refractivity contribution is 5.69. The highest BCUT2D eigenvalue weighted by Crippen LogP contribution is 2.19. The van der Waals surface area contributed by atoms with Gasteiger partial charge in [0.2, 0.25) is 0 Å². The van der Waals surface area contributed by atoms with Gasteiger partial charge in [0.15, 0.2) is 0 Å². The highest BCUT2D eigenvalue weighted by Gasteiger charge is 2.12. The predicted octanol–water partition coefficient (Wildman–Crippen LogP) is 17.3. The summed E-state index contributed by atoms with van der Waals surface area (Å²) < 4.78 is 10.9. The number of unbranched alkanes of at least 4 members (excludes halogenated alkanes) is 19. The molecule has 0 aliphatic heterocycles. The molecular formula is C55H117NO5. The zero-order chi connectivity index (χ0) is 46.7. The Kier molecular flexibility index (Phi) is 77.1. The predicted molar refractivity (Wildman–Crippen MR) is 273 cm³/mol. The number of aliphatic hydroxyl groups excluding tert-OH is 1. The molecule has 61 heavy (non-hydrogen) atoms. The van der Waals surface area contributed by atoms with E-state index >= 15 is 0 Å². The monoisotopic (exact) mass is 872 g/mol. The molecule has 1 N–H and O–H groups in total. The summed E-state index contributed by atoms with van der Waals surface area (Å²) in [6.07, 6.45) is 42.3. The summed E-state index contributed by atoms with van der Waals surface area (Å²) in [6.45, 7) is 26.8. The molecule has 2 unspecified atom stereocenters. The molecule has 6 heteroatoms. The lowest BCUT2D eigenvalue weighted by Crippen LogP contribution is -2.28. The van der Waals surface area contributed by atoms with Crippen molar-refractivity contribution in [3.63, 3.8) is 0 Å². The maximum absolute atomic E-state index is 12.2. The van der Waals surface area contributed by atoms with Gasteiger partial charge in [0, 0.05) is 39.7 Å². The summed E-state index contributed by atoms with van der Waals surface area (Å²) >= 11 is 0. The molecule has 2 atom stereocenters. The fraction of sp³-hybridized carbons (Fsp3) is 0.964. The molecule has 0 aromatic carbocycles. The van der Waals surface area contributed by atoms with Crippen molar-refractivity contribution in [2.45, 2.75) is 288 Å². The Hall–Kier alpha value is -0.980. The van der Waals surface area contributed by atoms with Crippen molar-refractivity contribution in [2.75, 3.05) is 46.6 Å². The van der Waals surface area contributed by atoms with Gasteiger partial charge in [0.05, 0.1) is 6.61 Å². The molecule has 0 aromatic heterocycles. The van der Waals surface area contributed by atoms with E-state index in [-0.39, 0.29) is 12.6 Å². The minimum Gasteiger partial charge on any atom is -0.465 e. The summed E-state index contributed by atoms with van der Waals surface area (Å²) in [5, 5.41) is 9.13. The first-order valence-corrected chi connectivity index (χ1v) is 27.2. The van der Waals surface area contributed by atoms with E-state index in [0.29, 0.717) is 25.4 Å². The van der Waals surface area contributed by atoms with Crippen LogP contribution in [0.1, 0.15) is 288 Å². The van der Waals surface area contributed by atoms with Gasteiger partial charge in [-0.25, -0.2) is 0 Å². The van der Waals surface area contributed by atoms with Gasteiger partial charge in [-0.2, -0.15) is 0 Å². The first kappa shape index (κ1) is 69.1. The van der Waals surface area contributed by atoms with Crippen molar-refractivity contribution in [2.24, 2.45) is 11.8 Å². The zero-order valence-corrected chi connectivity index (χ0v) is 44.0. The number of nitrogens with zero attached hydrogens (tertiary/aromatic N) is 1. The average molecular weight is 873 g/mol. The third-order valence-corrected chi connectivity index (χ3v) is 11.3. The summed E-state index contributed by atoms with van der Waals surface area (Å²) in [5.74, 6) is 1.30. The van der Waals surface area contributed by atoms with Crippen molar-refractivity contribution in [1.29, 1.82) is 0 Å². The molecule has 0 aliphatic rings. The van der Waals surface area contributed by atoms with Gasteiger partial charge in [-0.1, -0.05) is 217 Å². The molecule has 0 radical (unpaired) electrons. The van der Waals surface area contributed by atoms with E-state index in [1.54, 1.807) is 0 Å². The van der Waals surface area contributed by atoms with Gasteiger partial charge in [-0.15, -0.1) is 0 Å². The Morgan fingerprint density at radius 3 is 1.30 bits per heavy atom. The number of rotatable bonds is 41. The molecule has 0 rings (SSSR count). The number of carbonyl (C=O) groups is 2. The molecular weight excluding hydrogens is 755 g/mol. The number of hydrogen-bond donors (Lipinski definition) is 1. The fourth-order valence-electron chi connectivity index (χ4n) is 6.62. The van der Waals surface area contributed by atoms with Crippen LogP contribution in [0.2, 0.25) is 0 Å². The summed E-state index contributed by atoms with van der Waals surface area (Å²) in [4.78, 5) is 25.0. The number of methoxy groups -OCH3 is 1. The van der Waals surface area contributed by atoms with E-state index < -0.39 is 0 Å². The normalized spacial score (nSPS) is 11.5. The maximum Gasteiger partial charge on any atom is 0.305 e. The van der Waals surface area contributed by atoms with Gasteiger partial charge in [0.25, 0.3) is 0 Å². The summed E-state index contributed by atoms with van der Waals surface area (Å²) in [6, 6.07) is 0. The fourth-order valence-corrected chi connectivity index (χ4v) is 6.62. The van der Waals surface area contributed by atoms with Crippen LogP contribution in [0.3, 0.4) is 0 Å². The highest BCUT2D eigenvalue weighted by atomic mass is 16.5. The van der Waals surface area contributed by atoms with Crippen LogP contribution in [0.5, 0.6) is 0 Å². The van der Waals surface area contributed by atoms with E-state index in [4.69, 9.17) is 14.6 Å². The Morgan fingerprint density at radius 2 is 0.869 bits per heavy atom. The van der Waals surface area contributed by atoms with Crippen molar-refractivity contribution in [3.05, 3.63) is 0 Å². The lowest BCUT2D eigenvalue weighted by Gasteiger charge is -2.22. The average Bonchev–Trinajstić information content (AvgIpc) is 3.28. The Balaban J connectivity index is -0.000000305. The second kappa shape index (κ2) is 68.1. The van der Waals surface area contributed by atoms with Gasteiger partial charge in [-0.3, -0.25) is 4.79 Å². The van der Waals surface area contributed by atoms with Crippen molar-refractivity contribution in [3.8, 4) is 0 Å². The van der Waals surface area contributed by atoms with Crippen molar-refractivity contribution >= 4 is 12.3 Å². The molecule has 0 amide bonds. The Labute approximate surface area is 386 Å². The molecule has 0 heterocycles. The molecule has 0 aromatic rings.